The van der Waals surface area contributed by atoms with Crippen LogP contribution in [0.3, 0.4) is 0 Å². The predicted molar refractivity (Wildman–Crippen MR) is 154 cm³/mol. The lowest BCUT2D eigenvalue weighted by Gasteiger charge is -2.05. The van der Waals surface area contributed by atoms with Gasteiger partial charge in [-0.05, 0) is 76.6 Å². The molecule has 2 aromatic carbocycles. The van der Waals surface area contributed by atoms with E-state index in [9.17, 15) is 0 Å². The molecule has 0 aliphatic carbocycles. The van der Waals surface area contributed by atoms with Gasteiger partial charge in [-0.3, -0.25) is 0 Å². The first kappa shape index (κ1) is 33.0. The lowest BCUT2D eigenvalue weighted by Crippen LogP contribution is -2.04. The molecule has 204 valence electrons. The van der Waals surface area contributed by atoms with E-state index < -0.39 is 0 Å². The van der Waals surface area contributed by atoms with Crippen molar-refractivity contribution in [3.8, 4) is 11.5 Å². The molecule has 0 aliphatic heterocycles. The molecule has 38 heavy (non-hydrogen) atoms. The third-order valence-corrected chi connectivity index (χ3v) is 5.35. The maximum atomic E-state index is 5.92. The molecule has 0 N–H and O–H groups in total. The normalized spacial score (nSPS) is 9.84. The summed E-state index contributed by atoms with van der Waals surface area (Å²) in [5.74, 6) is 3.64. The van der Waals surface area contributed by atoms with Crippen LogP contribution in [0.5, 0.6) is 11.5 Å². The minimum atomic E-state index is 0. The first-order valence-electron chi connectivity index (χ1n) is 11.1. The van der Waals surface area contributed by atoms with Crippen LogP contribution in [0.25, 0.3) is 0 Å². The number of benzene rings is 2. The molecule has 11 heteroatoms. The largest absolute Gasteiger partial charge is 0.497 e. The molecule has 0 atom stereocenters. The molecular formula is C27H33Cl3N6O2. The molecule has 4 rings (SSSR count). The van der Waals surface area contributed by atoms with E-state index in [0.717, 1.165) is 41.3 Å². The average Bonchev–Trinajstić information content (AvgIpc) is 2.85. The van der Waals surface area contributed by atoms with Crippen LogP contribution in [-0.4, -0.2) is 44.1 Å². The molecule has 0 fully saturated rings. The van der Waals surface area contributed by atoms with Gasteiger partial charge in [0.2, 0.25) is 15.9 Å². The van der Waals surface area contributed by atoms with E-state index >= 15 is 0 Å². The number of ether oxygens (including phenoxy) is 2. The summed E-state index contributed by atoms with van der Waals surface area (Å²) in [7, 11) is 3.28. The van der Waals surface area contributed by atoms with Crippen molar-refractivity contribution in [2.75, 3.05) is 14.2 Å². The summed E-state index contributed by atoms with van der Waals surface area (Å²) < 4.78 is 10.2. The molecule has 0 unspecified atom stereocenters. The van der Waals surface area contributed by atoms with Crippen LogP contribution in [0.15, 0.2) is 48.5 Å². The van der Waals surface area contributed by atoms with E-state index in [-0.39, 0.29) is 30.7 Å². The summed E-state index contributed by atoms with van der Waals surface area (Å²) in [6.45, 7) is 2.08. The Bertz CT molecular complexity index is 1240. The number of nitrogens with zero attached hydrogens (tertiary/aromatic N) is 6. The van der Waals surface area contributed by atoms with E-state index in [2.05, 4.69) is 36.8 Å². The molecule has 0 amide bonds. The molecular weight excluding hydrogens is 547 g/mol. The van der Waals surface area contributed by atoms with Crippen molar-refractivity contribution in [3.05, 3.63) is 93.0 Å². The molecule has 4 aromatic rings. The maximum Gasteiger partial charge on any atom is 0.226 e. The fraction of sp³-hybridized carbons (Fsp3) is 0.333. The zero-order valence-corrected chi connectivity index (χ0v) is 22.3. The minimum absolute atomic E-state index is 0. The van der Waals surface area contributed by atoms with Crippen LogP contribution in [0.2, 0.25) is 15.9 Å². The fourth-order valence-electron chi connectivity index (χ4n) is 3.15. The highest BCUT2D eigenvalue weighted by Crippen LogP contribution is 2.16. The summed E-state index contributed by atoms with van der Waals surface area (Å²) in [5, 5.41) is 0.476. The van der Waals surface area contributed by atoms with Crippen molar-refractivity contribution in [3.63, 3.8) is 0 Å². The van der Waals surface area contributed by atoms with E-state index in [1.807, 2.05) is 48.5 Å². The second kappa shape index (κ2) is 16.7. The third kappa shape index (κ3) is 10.7. The average molecular weight is 580 g/mol. The molecule has 0 aliphatic rings. The van der Waals surface area contributed by atoms with Gasteiger partial charge in [0, 0.05) is 19.3 Å². The Labute approximate surface area is 239 Å². The van der Waals surface area contributed by atoms with Crippen molar-refractivity contribution < 1.29 is 9.47 Å². The first-order valence-corrected chi connectivity index (χ1v) is 12.2. The van der Waals surface area contributed by atoms with E-state index in [0.29, 0.717) is 24.5 Å². The zero-order valence-electron chi connectivity index (χ0n) is 20.1. The summed E-state index contributed by atoms with van der Waals surface area (Å²) in [4.78, 5) is 24.4. The molecule has 8 nitrogen and oxygen atoms in total. The lowest BCUT2D eigenvalue weighted by molar-refractivity contribution is 0.414. The molecule has 0 saturated carbocycles. The van der Waals surface area contributed by atoms with Crippen LogP contribution < -0.4 is 9.47 Å². The Balaban J connectivity index is 0.000000363. The third-order valence-electron chi connectivity index (χ3n) is 4.84. The van der Waals surface area contributed by atoms with Crippen molar-refractivity contribution in [1.82, 2.24) is 29.9 Å². The van der Waals surface area contributed by atoms with Gasteiger partial charge in [0.25, 0.3) is 0 Å². The second-order valence-corrected chi connectivity index (χ2v) is 8.54. The second-order valence-electron chi connectivity index (χ2n) is 7.53. The number of hydrogen-bond donors (Lipinski definition) is 0. The number of rotatable bonds is 8. The van der Waals surface area contributed by atoms with Gasteiger partial charge >= 0.3 is 0 Å². The van der Waals surface area contributed by atoms with Crippen LogP contribution in [0.4, 0.5) is 0 Å². The Morgan fingerprint density at radius 3 is 1.32 bits per heavy atom. The number of aromatic nitrogens is 6. The number of hydrogen-bond acceptors (Lipinski definition) is 8. The van der Waals surface area contributed by atoms with Gasteiger partial charge in [0.05, 0.1) is 14.2 Å². The molecule has 0 radical (unpaired) electrons. The van der Waals surface area contributed by atoms with Crippen LogP contribution in [0.1, 0.15) is 56.8 Å². The first-order chi connectivity index (χ1) is 17.4. The summed E-state index contributed by atoms with van der Waals surface area (Å²) in [6.07, 6.45) is 3.00. The number of methoxy groups -OCH3 is 2. The number of aryl methyl sites for hydroxylation is 1. The Morgan fingerprint density at radius 2 is 0.921 bits per heavy atom. The molecule has 0 saturated heterocycles. The highest BCUT2D eigenvalue weighted by molar-refractivity contribution is 6.31. The van der Waals surface area contributed by atoms with Crippen molar-refractivity contribution in [1.29, 1.82) is 0 Å². The SMILES string of the molecule is C.C.CCCc1nc(Cl)nc(Cc2ccc(OC)cc2)n1.COc1ccc(Cc2nc(Cl)nc(Cl)n2)cc1. The summed E-state index contributed by atoms with van der Waals surface area (Å²) in [5.41, 5.74) is 2.16. The highest BCUT2D eigenvalue weighted by atomic mass is 35.5. The van der Waals surface area contributed by atoms with Crippen LogP contribution in [0, 0.1) is 0 Å². The van der Waals surface area contributed by atoms with Gasteiger partial charge in [-0.15, -0.1) is 0 Å². The minimum Gasteiger partial charge on any atom is -0.497 e. The molecule has 2 heterocycles. The molecule has 0 spiro atoms. The van der Waals surface area contributed by atoms with Gasteiger partial charge in [0.15, 0.2) is 0 Å². The summed E-state index contributed by atoms with van der Waals surface area (Å²) in [6, 6.07) is 15.5. The summed E-state index contributed by atoms with van der Waals surface area (Å²) >= 11 is 17.3. The van der Waals surface area contributed by atoms with E-state index in [4.69, 9.17) is 44.3 Å². The Hall–Kier alpha value is -3.07. The van der Waals surface area contributed by atoms with Gasteiger partial charge in [-0.25, -0.2) is 24.9 Å². The Kier molecular flexibility index (Phi) is 14.5. The topological polar surface area (TPSA) is 95.8 Å². The zero-order chi connectivity index (χ0) is 25.9. The van der Waals surface area contributed by atoms with Gasteiger partial charge in [0.1, 0.15) is 29.0 Å². The van der Waals surface area contributed by atoms with E-state index in [1.54, 1.807) is 14.2 Å². The molecule has 0 bridgehead atoms. The van der Waals surface area contributed by atoms with Crippen molar-refractivity contribution in [2.45, 2.75) is 47.5 Å². The molecule has 2 aromatic heterocycles. The number of halogens is 3. The van der Waals surface area contributed by atoms with Crippen LogP contribution >= 0.6 is 34.8 Å². The van der Waals surface area contributed by atoms with Crippen molar-refractivity contribution >= 4 is 34.8 Å². The predicted octanol–water partition coefficient (Wildman–Crippen LogP) is 7.13. The van der Waals surface area contributed by atoms with Crippen LogP contribution in [-0.2, 0) is 19.3 Å². The van der Waals surface area contributed by atoms with Crippen molar-refractivity contribution in [2.24, 2.45) is 0 Å². The van der Waals surface area contributed by atoms with Gasteiger partial charge in [-0.2, -0.15) is 4.98 Å². The monoisotopic (exact) mass is 578 g/mol. The van der Waals surface area contributed by atoms with E-state index in [1.165, 1.54) is 0 Å². The van der Waals surface area contributed by atoms with Gasteiger partial charge in [-0.1, -0.05) is 46.0 Å². The lowest BCUT2D eigenvalue weighted by atomic mass is 10.1. The van der Waals surface area contributed by atoms with Gasteiger partial charge < -0.3 is 9.47 Å². The quantitative estimate of drug-likeness (QED) is 0.218. The fourth-order valence-corrected chi connectivity index (χ4v) is 3.74. The highest BCUT2D eigenvalue weighted by Gasteiger charge is 2.06. The smallest absolute Gasteiger partial charge is 0.226 e. The standard InChI is InChI=1S/C14H16ClN3O.C11H9Cl2N3O.2CH4/c1-3-4-12-16-13(18-14(15)17-12)9-10-5-7-11(19-2)8-6-10;1-17-8-4-2-7(3-5-8)6-9-14-10(12)16-11(13)15-9;;/h5-8H,3-4,9H2,1-2H3;2-5H,6H2,1H3;2*1H4. The maximum absolute atomic E-state index is 5.92. The Morgan fingerprint density at radius 1 is 0.553 bits per heavy atom.